The van der Waals surface area contributed by atoms with Crippen LogP contribution in [0.5, 0.6) is 0 Å². The number of nitriles is 1. The third-order valence-corrected chi connectivity index (χ3v) is 7.25. The van der Waals surface area contributed by atoms with E-state index in [1.807, 2.05) is 6.07 Å². The summed E-state index contributed by atoms with van der Waals surface area (Å²) in [6.07, 6.45) is 0.168. The Morgan fingerprint density at radius 3 is 2.36 bits per heavy atom. The van der Waals surface area contributed by atoms with E-state index < -0.39 is 10.0 Å². The lowest BCUT2D eigenvalue weighted by atomic mass is 10.1. The molecule has 3 rings (SSSR count). The molecule has 1 fully saturated rings. The fourth-order valence-corrected chi connectivity index (χ4v) is 4.92. The first-order valence-corrected chi connectivity index (χ1v) is 10.7. The molecule has 0 bridgehead atoms. The van der Waals surface area contributed by atoms with Gasteiger partial charge in [0.1, 0.15) is 6.07 Å². The molecule has 1 saturated heterocycles. The maximum absolute atomic E-state index is 12.8. The minimum Gasteiger partial charge on any atom is -0.340 e. The molecule has 1 aliphatic heterocycles. The molecule has 146 valence electrons. The summed E-state index contributed by atoms with van der Waals surface area (Å²) >= 11 is 11.9. The maximum atomic E-state index is 12.8. The first kappa shape index (κ1) is 20.6. The molecule has 0 spiro atoms. The summed E-state index contributed by atoms with van der Waals surface area (Å²) in [6, 6.07) is 13.1. The molecule has 0 aromatic heterocycles. The minimum absolute atomic E-state index is 0.00640. The average Bonchev–Trinajstić information content (AvgIpc) is 2.70. The molecule has 1 amide bonds. The van der Waals surface area contributed by atoms with Crippen molar-refractivity contribution in [3.8, 4) is 6.07 Å². The predicted molar refractivity (Wildman–Crippen MR) is 107 cm³/mol. The third kappa shape index (κ3) is 4.31. The monoisotopic (exact) mass is 437 g/mol. The number of carbonyl (C=O) groups excluding carboxylic acids is 1. The largest absolute Gasteiger partial charge is 0.340 e. The Bertz CT molecular complexity index is 1040. The van der Waals surface area contributed by atoms with Gasteiger partial charge >= 0.3 is 0 Å². The van der Waals surface area contributed by atoms with Crippen molar-refractivity contribution in [3.63, 3.8) is 0 Å². The quantitative estimate of drug-likeness (QED) is 0.735. The number of benzene rings is 2. The van der Waals surface area contributed by atoms with Crippen LogP contribution in [0.25, 0.3) is 0 Å². The van der Waals surface area contributed by atoms with E-state index >= 15 is 0 Å². The Kier molecular flexibility index (Phi) is 6.26. The smallest absolute Gasteiger partial charge is 0.244 e. The van der Waals surface area contributed by atoms with E-state index in [9.17, 15) is 13.2 Å². The third-order valence-electron chi connectivity index (χ3n) is 4.56. The summed E-state index contributed by atoms with van der Waals surface area (Å²) in [4.78, 5) is 14.2. The van der Waals surface area contributed by atoms with Crippen LogP contribution in [0.15, 0.2) is 47.4 Å². The van der Waals surface area contributed by atoms with Crippen molar-refractivity contribution < 1.29 is 13.2 Å². The van der Waals surface area contributed by atoms with E-state index in [0.717, 1.165) is 5.56 Å². The van der Waals surface area contributed by atoms with Crippen molar-refractivity contribution in [1.29, 1.82) is 5.26 Å². The molecule has 0 saturated carbocycles. The highest BCUT2D eigenvalue weighted by atomic mass is 35.5. The summed E-state index contributed by atoms with van der Waals surface area (Å²) < 4.78 is 27.0. The topological polar surface area (TPSA) is 81.5 Å². The molecule has 0 radical (unpaired) electrons. The van der Waals surface area contributed by atoms with Crippen LogP contribution >= 0.6 is 23.2 Å². The van der Waals surface area contributed by atoms with Gasteiger partial charge in [0.25, 0.3) is 0 Å². The zero-order valence-corrected chi connectivity index (χ0v) is 17.1. The van der Waals surface area contributed by atoms with Gasteiger partial charge < -0.3 is 4.90 Å². The van der Waals surface area contributed by atoms with E-state index in [4.69, 9.17) is 28.5 Å². The van der Waals surface area contributed by atoms with Gasteiger partial charge in [-0.05, 0) is 29.8 Å². The molecule has 0 aliphatic carbocycles. The summed E-state index contributed by atoms with van der Waals surface area (Å²) in [6.45, 7) is 0.923. The molecule has 6 nitrogen and oxygen atoms in total. The Morgan fingerprint density at radius 2 is 1.71 bits per heavy atom. The molecule has 28 heavy (non-hydrogen) atoms. The van der Waals surface area contributed by atoms with Crippen LogP contribution < -0.4 is 0 Å². The Labute approximate surface area is 173 Å². The Morgan fingerprint density at radius 1 is 1.04 bits per heavy atom. The second-order valence-corrected chi connectivity index (χ2v) is 9.04. The van der Waals surface area contributed by atoms with Gasteiger partial charge in [0.05, 0.1) is 26.9 Å². The van der Waals surface area contributed by atoms with E-state index in [-0.39, 0.29) is 49.0 Å². The summed E-state index contributed by atoms with van der Waals surface area (Å²) in [5.74, 6) is -0.104. The van der Waals surface area contributed by atoms with Gasteiger partial charge in [-0.15, -0.1) is 0 Å². The first-order chi connectivity index (χ1) is 13.3. The Hall–Kier alpha value is -2.11. The zero-order valence-electron chi connectivity index (χ0n) is 14.8. The molecule has 2 aromatic carbocycles. The summed E-state index contributed by atoms with van der Waals surface area (Å²) in [5, 5.41) is 9.98. The van der Waals surface area contributed by atoms with Gasteiger partial charge in [0, 0.05) is 26.2 Å². The number of amides is 1. The molecule has 1 heterocycles. The van der Waals surface area contributed by atoms with Crippen molar-refractivity contribution >= 4 is 39.1 Å². The average molecular weight is 438 g/mol. The number of hydrogen-bond donors (Lipinski definition) is 0. The number of nitrogens with zero attached hydrogens (tertiary/aromatic N) is 3. The molecule has 0 N–H and O–H groups in total. The second-order valence-electron chi connectivity index (χ2n) is 6.32. The molecular formula is C19H17Cl2N3O3S. The van der Waals surface area contributed by atoms with E-state index in [2.05, 4.69) is 0 Å². The van der Waals surface area contributed by atoms with Crippen molar-refractivity contribution in [2.75, 3.05) is 26.2 Å². The molecule has 9 heteroatoms. The molecule has 0 unspecified atom stereocenters. The highest BCUT2D eigenvalue weighted by molar-refractivity contribution is 7.89. The Balaban J connectivity index is 1.66. The number of rotatable bonds is 4. The number of carbonyl (C=O) groups is 1. The van der Waals surface area contributed by atoms with Crippen LogP contribution in [0, 0.1) is 11.3 Å². The van der Waals surface area contributed by atoms with E-state index in [0.29, 0.717) is 10.0 Å². The van der Waals surface area contributed by atoms with Gasteiger partial charge in [0.15, 0.2) is 0 Å². The minimum atomic E-state index is -3.78. The zero-order chi connectivity index (χ0) is 20.3. The number of hydrogen-bond acceptors (Lipinski definition) is 4. The molecular weight excluding hydrogens is 421 g/mol. The van der Waals surface area contributed by atoms with Crippen LogP contribution in [0.2, 0.25) is 10.0 Å². The fraction of sp³-hybridized carbons (Fsp3) is 0.263. The van der Waals surface area contributed by atoms with Crippen LogP contribution in [0.1, 0.15) is 11.1 Å². The van der Waals surface area contributed by atoms with E-state index in [1.54, 1.807) is 35.2 Å². The SMILES string of the molecule is N#Cc1ccccc1S(=O)(=O)N1CCN(C(=O)Cc2ccc(Cl)c(Cl)c2)CC1. The van der Waals surface area contributed by atoms with Crippen LogP contribution in [0.3, 0.4) is 0 Å². The lowest BCUT2D eigenvalue weighted by Gasteiger charge is -2.34. The van der Waals surface area contributed by atoms with Crippen molar-refractivity contribution in [3.05, 3.63) is 63.6 Å². The van der Waals surface area contributed by atoms with Crippen molar-refractivity contribution in [1.82, 2.24) is 9.21 Å². The van der Waals surface area contributed by atoms with Crippen molar-refractivity contribution in [2.24, 2.45) is 0 Å². The molecule has 2 aromatic rings. The lowest BCUT2D eigenvalue weighted by molar-refractivity contribution is -0.131. The van der Waals surface area contributed by atoms with Gasteiger partial charge in [-0.25, -0.2) is 8.42 Å². The van der Waals surface area contributed by atoms with Gasteiger partial charge in [-0.1, -0.05) is 41.4 Å². The number of sulfonamides is 1. The second kappa shape index (κ2) is 8.50. The van der Waals surface area contributed by atoms with Gasteiger partial charge in [0.2, 0.25) is 15.9 Å². The van der Waals surface area contributed by atoms with Crippen molar-refractivity contribution in [2.45, 2.75) is 11.3 Å². The number of halogens is 2. The predicted octanol–water partition coefficient (Wildman–Crippen LogP) is 2.94. The summed E-state index contributed by atoms with van der Waals surface area (Å²) in [7, 11) is -3.78. The van der Waals surface area contributed by atoms with Crippen LogP contribution in [0.4, 0.5) is 0 Å². The fourth-order valence-electron chi connectivity index (χ4n) is 3.04. The normalized spacial score (nSPS) is 15.2. The highest BCUT2D eigenvalue weighted by Crippen LogP contribution is 2.24. The van der Waals surface area contributed by atoms with Gasteiger partial charge in [-0.2, -0.15) is 9.57 Å². The first-order valence-electron chi connectivity index (χ1n) is 8.54. The standard InChI is InChI=1S/C19H17Cl2N3O3S/c20-16-6-5-14(11-17(16)21)12-19(25)23-7-9-24(10-8-23)28(26,27)18-4-2-1-3-15(18)13-22/h1-6,11H,7-10,12H2. The van der Waals surface area contributed by atoms with Crippen LogP contribution in [-0.2, 0) is 21.2 Å². The lowest BCUT2D eigenvalue weighted by Crippen LogP contribution is -2.50. The van der Waals surface area contributed by atoms with Gasteiger partial charge in [-0.3, -0.25) is 4.79 Å². The summed E-state index contributed by atoms with van der Waals surface area (Å²) in [5.41, 5.74) is 0.859. The van der Waals surface area contributed by atoms with E-state index in [1.165, 1.54) is 16.4 Å². The number of piperazine rings is 1. The van der Waals surface area contributed by atoms with Crippen LogP contribution in [-0.4, -0.2) is 49.7 Å². The highest BCUT2D eigenvalue weighted by Gasteiger charge is 2.31. The maximum Gasteiger partial charge on any atom is 0.244 e. The molecule has 0 atom stereocenters. The molecule has 1 aliphatic rings.